The van der Waals surface area contributed by atoms with E-state index >= 15 is 0 Å². The van der Waals surface area contributed by atoms with Gasteiger partial charge >= 0.3 is 0 Å². The Labute approximate surface area is 135 Å². The van der Waals surface area contributed by atoms with E-state index in [0.717, 1.165) is 5.56 Å². The van der Waals surface area contributed by atoms with Crippen molar-refractivity contribution in [3.63, 3.8) is 0 Å². The zero-order valence-corrected chi connectivity index (χ0v) is 13.6. The second kappa shape index (κ2) is 6.50. The standard InChI is InChI=1S/C16H16N4O2S/c1-23(2,22)20-16(21)13-9-12(15(18)19-10-13)7-6-11-4-3-5-14(17)8-11/h3-5,8-10H,17H2,1-2H3,(H2,18,19). The van der Waals surface area contributed by atoms with Gasteiger partial charge in [0.15, 0.2) is 0 Å². The summed E-state index contributed by atoms with van der Waals surface area (Å²) in [5, 5.41) is 0. The van der Waals surface area contributed by atoms with Crippen LogP contribution >= 0.6 is 0 Å². The van der Waals surface area contributed by atoms with Crippen molar-refractivity contribution in [2.45, 2.75) is 0 Å². The van der Waals surface area contributed by atoms with Gasteiger partial charge in [0.1, 0.15) is 5.82 Å². The molecule has 0 atom stereocenters. The topological polar surface area (TPSA) is 111 Å². The summed E-state index contributed by atoms with van der Waals surface area (Å²) in [6, 6.07) is 8.57. The van der Waals surface area contributed by atoms with Crippen LogP contribution in [0.4, 0.5) is 11.5 Å². The Morgan fingerprint density at radius 3 is 2.61 bits per heavy atom. The minimum Gasteiger partial charge on any atom is -0.399 e. The predicted molar refractivity (Wildman–Crippen MR) is 92.2 cm³/mol. The lowest BCUT2D eigenvalue weighted by molar-refractivity contribution is 0.100. The van der Waals surface area contributed by atoms with Crippen LogP contribution in [-0.2, 0) is 9.73 Å². The number of carbonyl (C=O) groups excluding carboxylic acids is 1. The Hall–Kier alpha value is -2.85. The minimum absolute atomic E-state index is 0.188. The molecule has 1 heterocycles. The van der Waals surface area contributed by atoms with E-state index < -0.39 is 15.6 Å². The Morgan fingerprint density at radius 2 is 1.96 bits per heavy atom. The molecule has 0 bridgehead atoms. The molecule has 0 unspecified atom stereocenters. The molecule has 7 heteroatoms. The molecular formula is C16H16N4O2S. The summed E-state index contributed by atoms with van der Waals surface area (Å²) < 4.78 is 15.2. The highest BCUT2D eigenvalue weighted by atomic mass is 32.2. The van der Waals surface area contributed by atoms with Crippen molar-refractivity contribution in [1.29, 1.82) is 0 Å². The third-order valence-electron chi connectivity index (χ3n) is 2.70. The number of amides is 1. The number of hydrogen-bond donors (Lipinski definition) is 2. The number of carbonyl (C=O) groups is 1. The number of anilines is 2. The van der Waals surface area contributed by atoms with Crippen LogP contribution in [0.15, 0.2) is 40.9 Å². The van der Waals surface area contributed by atoms with E-state index in [4.69, 9.17) is 11.5 Å². The van der Waals surface area contributed by atoms with Gasteiger partial charge in [-0.1, -0.05) is 17.9 Å². The first-order chi connectivity index (χ1) is 10.7. The van der Waals surface area contributed by atoms with Crippen LogP contribution in [-0.4, -0.2) is 27.6 Å². The molecule has 0 saturated carbocycles. The van der Waals surface area contributed by atoms with Gasteiger partial charge in [0, 0.05) is 39.7 Å². The summed E-state index contributed by atoms with van der Waals surface area (Å²) in [6.07, 6.45) is 4.06. The van der Waals surface area contributed by atoms with Crippen LogP contribution in [0.3, 0.4) is 0 Å². The Bertz CT molecular complexity index is 940. The molecule has 4 N–H and O–H groups in total. The molecule has 0 spiro atoms. The fourth-order valence-electron chi connectivity index (χ4n) is 1.70. The van der Waals surface area contributed by atoms with Crippen LogP contribution in [0.5, 0.6) is 0 Å². The van der Waals surface area contributed by atoms with Crippen LogP contribution < -0.4 is 11.5 Å². The van der Waals surface area contributed by atoms with Gasteiger partial charge < -0.3 is 11.5 Å². The second-order valence-electron chi connectivity index (χ2n) is 5.11. The highest BCUT2D eigenvalue weighted by molar-refractivity contribution is 7.92. The number of aromatic nitrogens is 1. The van der Waals surface area contributed by atoms with Crippen molar-refractivity contribution in [3.8, 4) is 11.8 Å². The van der Waals surface area contributed by atoms with Gasteiger partial charge in [0.25, 0.3) is 5.91 Å². The number of nitrogens with two attached hydrogens (primary N) is 2. The molecule has 6 nitrogen and oxygen atoms in total. The summed E-state index contributed by atoms with van der Waals surface area (Å²) >= 11 is 0. The molecule has 1 aromatic carbocycles. The van der Waals surface area contributed by atoms with Crippen molar-refractivity contribution in [2.75, 3.05) is 24.0 Å². The molecule has 0 radical (unpaired) electrons. The molecule has 0 aliphatic rings. The van der Waals surface area contributed by atoms with E-state index in [0.29, 0.717) is 11.3 Å². The molecule has 1 amide bonds. The smallest absolute Gasteiger partial charge is 0.286 e. The molecule has 0 fully saturated rings. The molecule has 2 aromatic rings. The number of rotatable bonds is 1. The quantitative estimate of drug-likeness (QED) is 0.609. The van der Waals surface area contributed by atoms with Crippen LogP contribution in [0.25, 0.3) is 0 Å². The predicted octanol–water partition coefficient (Wildman–Crippen LogP) is 1.51. The van der Waals surface area contributed by atoms with E-state index in [1.165, 1.54) is 24.8 Å². The van der Waals surface area contributed by atoms with Gasteiger partial charge in [0.2, 0.25) is 0 Å². The zero-order valence-electron chi connectivity index (χ0n) is 12.7. The van der Waals surface area contributed by atoms with Gasteiger partial charge in [-0.15, -0.1) is 0 Å². The Kier molecular flexibility index (Phi) is 4.67. The highest BCUT2D eigenvalue weighted by Gasteiger charge is 2.09. The van der Waals surface area contributed by atoms with E-state index in [-0.39, 0.29) is 11.4 Å². The maximum atomic E-state index is 12.0. The van der Waals surface area contributed by atoms with E-state index in [1.54, 1.807) is 24.3 Å². The average Bonchev–Trinajstić information content (AvgIpc) is 2.44. The van der Waals surface area contributed by atoms with Crippen LogP contribution in [0, 0.1) is 11.8 Å². The number of hydrogen-bond acceptors (Lipinski definition) is 5. The lowest BCUT2D eigenvalue weighted by Gasteiger charge is -2.01. The van der Waals surface area contributed by atoms with E-state index in [2.05, 4.69) is 21.2 Å². The monoisotopic (exact) mass is 328 g/mol. The fourth-order valence-corrected chi connectivity index (χ4v) is 2.21. The molecule has 118 valence electrons. The van der Waals surface area contributed by atoms with Gasteiger partial charge in [-0.2, -0.15) is 4.36 Å². The average molecular weight is 328 g/mol. The summed E-state index contributed by atoms with van der Waals surface area (Å²) in [5.41, 5.74) is 13.4. The summed E-state index contributed by atoms with van der Waals surface area (Å²) in [4.78, 5) is 15.9. The first-order valence-corrected chi connectivity index (χ1v) is 8.92. The van der Waals surface area contributed by atoms with Gasteiger partial charge in [0.05, 0.1) is 11.1 Å². The summed E-state index contributed by atoms with van der Waals surface area (Å²) in [5.74, 6) is 5.35. The van der Waals surface area contributed by atoms with Crippen LogP contribution in [0.2, 0.25) is 0 Å². The van der Waals surface area contributed by atoms with Crippen molar-refractivity contribution >= 4 is 27.1 Å². The van der Waals surface area contributed by atoms with E-state index in [1.807, 2.05) is 0 Å². The third kappa shape index (κ3) is 4.83. The Morgan fingerprint density at radius 1 is 1.22 bits per heavy atom. The summed E-state index contributed by atoms with van der Waals surface area (Å²) in [7, 11) is -2.54. The van der Waals surface area contributed by atoms with Crippen molar-refractivity contribution in [2.24, 2.45) is 4.36 Å². The highest BCUT2D eigenvalue weighted by Crippen LogP contribution is 2.12. The molecule has 0 aliphatic heterocycles. The zero-order chi connectivity index (χ0) is 17.0. The largest absolute Gasteiger partial charge is 0.399 e. The number of nitrogens with zero attached hydrogens (tertiary/aromatic N) is 2. The molecular weight excluding hydrogens is 312 g/mol. The normalized spacial score (nSPS) is 10.5. The first-order valence-electron chi connectivity index (χ1n) is 6.59. The Balaban J connectivity index is 2.40. The summed E-state index contributed by atoms with van der Waals surface area (Å²) in [6.45, 7) is 0. The number of nitrogen functional groups attached to an aromatic ring is 2. The van der Waals surface area contributed by atoms with Crippen LogP contribution in [0.1, 0.15) is 21.5 Å². The van der Waals surface area contributed by atoms with E-state index in [9.17, 15) is 9.00 Å². The van der Waals surface area contributed by atoms with Crippen molar-refractivity contribution < 1.29 is 9.00 Å². The molecule has 0 saturated heterocycles. The lowest BCUT2D eigenvalue weighted by atomic mass is 10.1. The lowest BCUT2D eigenvalue weighted by Crippen LogP contribution is -2.04. The van der Waals surface area contributed by atoms with Gasteiger partial charge in [-0.25, -0.2) is 9.19 Å². The molecule has 23 heavy (non-hydrogen) atoms. The molecule has 2 rings (SSSR count). The minimum atomic E-state index is -2.54. The SMILES string of the molecule is CS(C)(=O)=NC(=O)c1cnc(N)c(C#Cc2cccc(N)c2)c1. The van der Waals surface area contributed by atoms with Crippen molar-refractivity contribution in [1.82, 2.24) is 4.98 Å². The molecule has 0 aliphatic carbocycles. The number of pyridine rings is 1. The third-order valence-corrected chi connectivity index (χ3v) is 3.30. The maximum absolute atomic E-state index is 12.0. The molecule has 1 aromatic heterocycles. The van der Waals surface area contributed by atoms with Crippen molar-refractivity contribution in [3.05, 3.63) is 53.2 Å². The van der Waals surface area contributed by atoms with Gasteiger partial charge in [-0.3, -0.25) is 4.79 Å². The maximum Gasteiger partial charge on any atom is 0.286 e. The number of benzene rings is 1. The first kappa shape index (κ1) is 16.5. The van der Waals surface area contributed by atoms with Gasteiger partial charge in [-0.05, 0) is 24.3 Å². The second-order valence-corrected chi connectivity index (χ2v) is 7.66. The fraction of sp³-hybridized carbons (Fsp3) is 0.125.